The molecule has 1 fully saturated rings. The van der Waals surface area contributed by atoms with E-state index in [1.807, 2.05) is 85.8 Å². The van der Waals surface area contributed by atoms with Crippen LogP contribution in [0.4, 0.5) is 4.79 Å². The standard InChI is InChI=1S/C19H32N4O2S.C16H27N3O3.C3H8.C2H6/c1-18(2,3)15(12-23(7)26-14-9-8-10-20-11-14)21-17(25)22-16(13-24)19(4,5)6;1-4-6-10-17-16(22)14(20)12(8-5-2)18-15(21)13-9-7-11-19(13)3;1-3-2;1-2/h8-11,13,15-16H,12H2,1-7H3,(H2,21,22,25);4,6,12-13H,5,7-11H2,1-3H3,(H,17,22)(H,18,21);3H2,1-2H3;1-2H3/b;6-4-;;. The lowest BCUT2D eigenvalue weighted by Gasteiger charge is -2.35. The van der Waals surface area contributed by atoms with Crippen molar-refractivity contribution in [1.29, 1.82) is 0 Å². The fourth-order valence-corrected chi connectivity index (χ4v) is 5.62. The Morgan fingerprint density at radius 3 is 2.11 bits per heavy atom. The molecule has 2 heterocycles. The number of amides is 4. The first kappa shape index (κ1) is 51.8. The van der Waals surface area contributed by atoms with E-state index < -0.39 is 23.8 Å². The quantitative estimate of drug-likeness (QED) is 0.0687. The van der Waals surface area contributed by atoms with Gasteiger partial charge in [0.2, 0.25) is 11.7 Å². The first-order valence-corrected chi connectivity index (χ1v) is 19.9. The number of allylic oxidation sites excluding steroid dienone is 1. The number of likely N-dealkylation sites (N-methyl/N-ethyl adjacent to an activating group) is 2. The molecule has 1 aromatic rings. The molecule has 4 amide bonds. The zero-order valence-electron chi connectivity index (χ0n) is 35.3. The Morgan fingerprint density at radius 2 is 1.66 bits per heavy atom. The van der Waals surface area contributed by atoms with Crippen LogP contribution in [0.2, 0.25) is 0 Å². The highest BCUT2D eigenvalue weighted by Gasteiger charge is 2.33. The maximum atomic E-state index is 12.4. The Hall–Kier alpha value is -3.29. The highest BCUT2D eigenvalue weighted by atomic mass is 32.2. The summed E-state index contributed by atoms with van der Waals surface area (Å²) in [7, 11) is 3.89. The highest BCUT2D eigenvalue weighted by molar-refractivity contribution is 7.97. The third-order valence-corrected chi connectivity index (χ3v) is 8.83. The molecule has 0 radical (unpaired) electrons. The average Bonchev–Trinajstić information content (AvgIpc) is 3.53. The molecule has 1 aliphatic rings. The number of carbonyl (C=O) groups is 5. The number of aromatic nitrogens is 1. The smallest absolute Gasteiger partial charge is 0.315 e. The number of likely N-dealkylation sites (tertiary alicyclic amines) is 1. The maximum absolute atomic E-state index is 12.4. The molecular weight excluding hydrogens is 691 g/mol. The van der Waals surface area contributed by atoms with Crippen molar-refractivity contribution in [2.24, 2.45) is 10.8 Å². The van der Waals surface area contributed by atoms with Crippen LogP contribution in [0.1, 0.15) is 115 Å². The van der Waals surface area contributed by atoms with Crippen LogP contribution >= 0.6 is 11.9 Å². The van der Waals surface area contributed by atoms with Crippen molar-refractivity contribution in [2.45, 2.75) is 144 Å². The van der Waals surface area contributed by atoms with E-state index in [1.165, 1.54) is 6.42 Å². The van der Waals surface area contributed by atoms with Gasteiger partial charge in [-0.1, -0.05) is 101 Å². The zero-order chi connectivity index (χ0) is 41.2. The number of nitrogens with one attached hydrogen (secondary N) is 4. The second-order valence-electron chi connectivity index (χ2n) is 14.9. The monoisotopic (exact) mass is 764 g/mol. The molecule has 0 bridgehead atoms. The topological polar surface area (TPSA) is 153 Å². The van der Waals surface area contributed by atoms with Gasteiger partial charge in [0.05, 0.1) is 18.1 Å². The van der Waals surface area contributed by atoms with Crippen LogP contribution in [0.5, 0.6) is 0 Å². The number of carbonyl (C=O) groups excluding carboxylic acids is 5. The Morgan fingerprint density at radius 1 is 1.04 bits per heavy atom. The lowest BCUT2D eigenvalue weighted by atomic mass is 9.86. The van der Waals surface area contributed by atoms with Crippen LogP contribution in [0.25, 0.3) is 0 Å². The van der Waals surface area contributed by atoms with Gasteiger partial charge in [-0.3, -0.25) is 24.3 Å². The van der Waals surface area contributed by atoms with Gasteiger partial charge in [-0.2, -0.15) is 0 Å². The van der Waals surface area contributed by atoms with E-state index in [-0.39, 0.29) is 34.9 Å². The van der Waals surface area contributed by atoms with Crippen molar-refractivity contribution in [1.82, 2.24) is 35.5 Å². The van der Waals surface area contributed by atoms with Crippen LogP contribution in [0, 0.1) is 10.8 Å². The van der Waals surface area contributed by atoms with Gasteiger partial charge in [-0.15, -0.1) is 0 Å². The summed E-state index contributed by atoms with van der Waals surface area (Å²) in [4.78, 5) is 67.2. The van der Waals surface area contributed by atoms with Crippen LogP contribution in [-0.2, 0) is 19.2 Å². The van der Waals surface area contributed by atoms with E-state index in [0.717, 1.165) is 37.0 Å². The number of pyridine rings is 1. The van der Waals surface area contributed by atoms with Crippen LogP contribution in [0.3, 0.4) is 0 Å². The Bertz CT molecular complexity index is 1220. The van der Waals surface area contributed by atoms with Gasteiger partial charge in [0.25, 0.3) is 5.91 Å². The first-order valence-electron chi connectivity index (χ1n) is 19.1. The number of aldehydes is 1. The second kappa shape index (κ2) is 28.2. The first-order chi connectivity index (χ1) is 24.9. The van der Waals surface area contributed by atoms with E-state index in [2.05, 4.69) is 65.2 Å². The number of hydrogen-bond acceptors (Lipinski definition) is 9. The fraction of sp³-hybridized carbons (Fsp3) is 0.700. The summed E-state index contributed by atoms with van der Waals surface area (Å²) in [6.07, 6.45) is 12.1. The molecule has 0 saturated carbocycles. The van der Waals surface area contributed by atoms with E-state index in [9.17, 15) is 24.0 Å². The molecule has 12 nitrogen and oxygen atoms in total. The SMILES string of the molecule is C/C=C\CNC(=O)C(=O)C(CCC)NC(=O)C1CCCN1C.CC.CCC.CN(CC(NC(=O)NC(C=O)C(C)(C)C)C(C)(C)C)Sc1cccnc1. The Labute approximate surface area is 326 Å². The summed E-state index contributed by atoms with van der Waals surface area (Å²) in [5.41, 5.74) is -0.469. The molecular formula is C40H73N7O5S. The van der Waals surface area contributed by atoms with Crippen molar-refractivity contribution in [3.8, 4) is 0 Å². The minimum absolute atomic E-state index is 0.0936. The normalized spacial score (nSPS) is 15.9. The molecule has 1 aliphatic heterocycles. The number of urea groups is 1. The molecule has 13 heteroatoms. The molecule has 4 N–H and O–H groups in total. The van der Waals surface area contributed by atoms with Crippen LogP contribution in [-0.4, -0.2) is 102 Å². The molecule has 0 aromatic carbocycles. The number of rotatable bonds is 15. The fourth-order valence-electron chi connectivity index (χ4n) is 4.79. The lowest BCUT2D eigenvalue weighted by molar-refractivity contribution is -0.140. The van der Waals surface area contributed by atoms with Gasteiger partial charge in [0.15, 0.2) is 0 Å². The van der Waals surface area contributed by atoms with Crippen molar-refractivity contribution in [3.05, 3.63) is 36.7 Å². The van der Waals surface area contributed by atoms with E-state index in [1.54, 1.807) is 30.3 Å². The number of hydrogen-bond donors (Lipinski definition) is 4. The molecule has 4 atom stereocenters. The number of ketones is 1. The summed E-state index contributed by atoms with van der Waals surface area (Å²) in [5, 5.41) is 11.1. The molecule has 304 valence electrons. The van der Waals surface area contributed by atoms with Gasteiger partial charge in [-0.25, -0.2) is 9.10 Å². The molecule has 4 unspecified atom stereocenters. The highest BCUT2D eigenvalue weighted by Crippen LogP contribution is 2.25. The van der Waals surface area contributed by atoms with E-state index in [0.29, 0.717) is 19.5 Å². The molecule has 2 rings (SSSR count). The van der Waals surface area contributed by atoms with Crippen molar-refractivity contribution in [3.63, 3.8) is 0 Å². The second-order valence-corrected chi connectivity index (χ2v) is 16.2. The summed E-state index contributed by atoms with van der Waals surface area (Å²) >= 11 is 1.58. The van der Waals surface area contributed by atoms with Crippen molar-refractivity contribution >= 4 is 41.9 Å². The van der Waals surface area contributed by atoms with Gasteiger partial charge in [0.1, 0.15) is 6.29 Å². The van der Waals surface area contributed by atoms with Gasteiger partial charge in [-0.05, 0) is 81.7 Å². The van der Waals surface area contributed by atoms with Crippen LogP contribution in [0.15, 0.2) is 41.6 Å². The summed E-state index contributed by atoms with van der Waals surface area (Å²) in [6, 6.07) is 2.01. The van der Waals surface area contributed by atoms with Crippen molar-refractivity contribution in [2.75, 3.05) is 33.7 Å². The molecule has 1 aromatic heterocycles. The molecule has 53 heavy (non-hydrogen) atoms. The largest absolute Gasteiger partial charge is 0.346 e. The van der Waals surface area contributed by atoms with Gasteiger partial charge >= 0.3 is 6.03 Å². The minimum atomic E-state index is -0.739. The summed E-state index contributed by atoms with van der Waals surface area (Å²) in [6.45, 7) is 25.9. The third kappa shape index (κ3) is 22.5. The lowest BCUT2D eigenvalue weighted by Crippen LogP contribution is -2.55. The minimum Gasteiger partial charge on any atom is -0.346 e. The Kier molecular flexibility index (Phi) is 27.6. The predicted molar refractivity (Wildman–Crippen MR) is 220 cm³/mol. The van der Waals surface area contributed by atoms with E-state index >= 15 is 0 Å². The summed E-state index contributed by atoms with van der Waals surface area (Å²) < 4.78 is 2.08. The molecule has 0 aliphatic carbocycles. The average molecular weight is 764 g/mol. The molecule has 0 spiro atoms. The Balaban J connectivity index is 0. The van der Waals surface area contributed by atoms with Crippen LogP contribution < -0.4 is 21.3 Å². The number of Topliss-reactive ketones (excluding diaryl/α,β-unsaturated/α-hetero) is 1. The predicted octanol–water partition coefficient (Wildman–Crippen LogP) is 6.42. The maximum Gasteiger partial charge on any atom is 0.315 e. The summed E-state index contributed by atoms with van der Waals surface area (Å²) in [5.74, 6) is -1.37. The van der Waals surface area contributed by atoms with Gasteiger partial charge in [0, 0.05) is 36.4 Å². The number of nitrogens with zero attached hydrogens (tertiary/aromatic N) is 3. The molecule has 1 saturated heterocycles. The third-order valence-electron chi connectivity index (χ3n) is 7.92. The van der Waals surface area contributed by atoms with E-state index in [4.69, 9.17) is 0 Å². The zero-order valence-corrected chi connectivity index (χ0v) is 36.1. The van der Waals surface area contributed by atoms with Crippen molar-refractivity contribution < 1.29 is 24.0 Å². The van der Waals surface area contributed by atoms with Gasteiger partial charge < -0.3 is 26.1 Å².